The van der Waals surface area contributed by atoms with E-state index in [0.29, 0.717) is 0 Å². The Bertz CT molecular complexity index is 711. The van der Waals surface area contributed by atoms with E-state index in [1.54, 1.807) is 0 Å². The van der Waals surface area contributed by atoms with Gasteiger partial charge in [-0.05, 0) is 0 Å². The van der Waals surface area contributed by atoms with Gasteiger partial charge in [-0.15, -0.1) is 0 Å². The molecule has 0 unspecified atom stereocenters. The molecule has 0 fully saturated rings. The van der Waals surface area contributed by atoms with Gasteiger partial charge in [0.05, 0.1) is 0 Å². The van der Waals surface area contributed by atoms with Crippen LogP contribution in [0.25, 0.3) is 0 Å². The first-order chi connectivity index (χ1) is 10.7. The maximum atomic E-state index is 2.58. The number of rotatable bonds is 3. The predicted octanol–water partition coefficient (Wildman–Crippen LogP) is 2.99. The number of anilines is 2. The monoisotopic (exact) mass is 422 g/mol. The van der Waals surface area contributed by atoms with Crippen molar-refractivity contribution in [3.05, 3.63) is 58.1 Å². The summed E-state index contributed by atoms with van der Waals surface area (Å²) in [4.78, 5) is 2.35. The Balaban J connectivity index is 2.68. The van der Waals surface area contributed by atoms with Crippen LogP contribution >= 0.6 is 0 Å². The van der Waals surface area contributed by atoms with Crippen molar-refractivity contribution in [2.75, 3.05) is 8.04 Å². The Morgan fingerprint density at radius 2 is 1.43 bits per heavy atom. The minimum absolute atomic E-state index is 0.0998. The number of benzene rings is 2. The molecule has 0 atom stereocenters. The molecule has 0 N–H and O–H groups in total. The molecule has 2 aromatic carbocycles. The van der Waals surface area contributed by atoms with Gasteiger partial charge < -0.3 is 0 Å². The third-order valence-corrected chi connectivity index (χ3v) is 6.76. The van der Waals surface area contributed by atoms with Crippen LogP contribution in [0.1, 0.15) is 48.6 Å². The molecule has 126 valence electrons. The molecule has 1 nitrogen and oxygen atoms in total. The Morgan fingerprint density at radius 3 is 2.00 bits per heavy atom. The van der Waals surface area contributed by atoms with Crippen molar-refractivity contribution in [1.29, 1.82) is 0 Å². The van der Waals surface area contributed by atoms with Crippen LogP contribution < -0.4 is 24.6 Å². The summed E-state index contributed by atoms with van der Waals surface area (Å²) in [6.45, 7) is 15.9. The Hall–Kier alpha value is -1.03. The number of alkyl halides is 1. The molecule has 0 radical (unpaired) electrons. The van der Waals surface area contributed by atoms with E-state index >= 15 is 0 Å². The molecule has 0 saturated heterocycles. The van der Waals surface area contributed by atoms with Gasteiger partial charge in [-0.3, -0.25) is 0 Å². The molecule has 0 aromatic heterocycles. The molecule has 23 heavy (non-hydrogen) atoms. The normalized spacial score (nSPS) is 11.8. The van der Waals surface area contributed by atoms with Crippen molar-refractivity contribution >= 4 is 11.4 Å². The second-order valence-corrected chi connectivity index (χ2v) is 9.23. The molecule has 0 saturated carbocycles. The second kappa shape index (κ2) is 6.84. The van der Waals surface area contributed by atoms with E-state index in [2.05, 4.69) is 86.8 Å². The molecule has 0 aliphatic rings. The first kappa shape index (κ1) is 18.3. The van der Waals surface area contributed by atoms with Crippen LogP contribution in [0.5, 0.6) is 0 Å². The summed E-state index contributed by atoms with van der Waals surface area (Å²) < 4.78 is 2.58. The van der Waals surface area contributed by atoms with E-state index in [-0.39, 0.29) is 26.9 Å². The van der Waals surface area contributed by atoms with Crippen LogP contribution in [0.15, 0.2) is 30.3 Å². The van der Waals surface area contributed by atoms with Gasteiger partial charge in [0.2, 0.25) is 0 Å². The third-order valence-electron chi connectivity index (χ3n) is 4.76. The van der Waals surface area contributed by atoms with Crippen molar-refractivity contribution in [3.63, 3.8) is 0 Å². The topological polar surface area (TPSA) is 3.24 Å². The average molecular weight is 422 g/mol. The summed E-state index contributed by atoms with van der Waals surface area (Å²) >= 11 is -0.0998. The maximum absolute atomic E-state index is 2.58. The second-order valence-electron chi connectivity index (χ2n) is 7.30. The number of aryl methyl sites for hydroxylation is 1. The third kappa shape index (κ3) is 3.57. The fourth-order valence-electron chi connectivity index (χ4n) is 2.99. The van der Waals surface area contributed by atoms with E-state index in [0.717, 1.165) is 0 Å². The van der Waals surface area contributed by atoms with E-state index in [4.69, 9.17) is 0 Å². The average Bonchev–Trinajstić information content (AvgIpc) is 2.50. The van der Waals surface area contributed by atoms with E-state index < -0.39 is 0 Å². The van der Waals surface area contributed by atoms with Crippen molar-refractivity contribution in [3.8, 4) is 0 Å². The van der Waals surface area contributed by atoms with Gasteiger partial charge in [-0.2, -0.15) is 0 Å². The molecule has 0 heterocycles. The molecule has 2 aromatic rings. The molecule has 0 amide bonds. The SMILES string of the molecule is C[I-]N(c1ccccc1C(C)(C)C)c1cc(C)c(C)c(C)c1C. The van der Waals surface area contributed by atoms with Gasteiger partial charge in [0, 0.05) is 0 Å². The Labute approximate surface area is 152 Å². The van der Waals surface area contributed by atoms with Crippen molar-refractivity contribution in [2.24, 2.45) is 0 Å². The summed E-state index contributed by atoms with van der Waals surface area (Å²) in [7, 11) is 0. The number of hydrogen-bond acceptors (Lipinski definition) is 1. The molecule has 0 aliphatic heterocycles. The molecule has 0 bridgehead atoms. The standard InChI is InChI=1S/C21H29IN/c1-14-13-20(17(4)16(3)15(14)2)23(22-8)19-12-10-9-11-18(19)21(5,6)7/h9-13H,1-8H3/q-1. The first-order valence-electron chi connectivity index (χ1n) is 8.15. The van der Waals surface area contributed by atoms with Gasteiger partial charge in [-0.1, -0.05) is 0 Å². The van der Waals surface area contributed by atoms with E-state index in [1.807, 2.05) is 0 Å². The zero-order valence-electron chi connectivity index (χ0n) is 15.7. The molecular weight excluding hydrogens is 393 g/mol. The summed E-state index contributed by atoms with van der Waals surface area (Å²) in [6.07, 6.45) is 0. The van der Waals surface area contributed by atoms with Crippen molar-refractivity contribution < 1.29 is 21.5 Å². The van der Waals surface area contributed by atoms with Gasteiger partial charge >= 0.3 is 153 Å². The fraction of sp³-hybridized carbons (Fsp3) is 0.429. The van der Waals surface area contributed by atoms with Crippen molar-refractivity contribution in [1.82, 2.24) is 0 Å². The van der Waals surface area contributed by atoms with Crippen LogP contribution in [0.3, 0.4) is 0 Å². The molecule has 0 aliphatic carbocycles. The zero-order chi connectivity index (χ0) is 17.4. The Morgan fingerprint density at radius 1 is 0.826 bits per heavy atom. The minimum atomic E-state index is -0.0998. The van der Waals surface area contributed by atoms with Gasteiger partial charge in [0.25, 0.3) is 0 Å². The first-order valence-corrected chi connectivity index (χ1v) is 11.3. The zero-order valence-corrected chi connectivity index (χ0v) is 17.9. The van der Waals surface area contributed by atoms with E-state index in [1.165, 1.54) is 39.2 Å². The van der Waals surface area contributed by atoms with Crippen molar-refractivity contribution in [2.45, 2.75) is 53.9 Å². The quantitative estimate of drug-likeness (QED) is 0.418. The summed E-state index contributed by atoms with van der Waals surface area (Å²) in [5, 5.41) is 0. The Kier molecular flexibility index (Phi) is 5.44. The number of nitrogens with zero attached hydrogens (tertiary/aromatic N) is 1. The van der Waals surface area contributed by atoms with Gasteiger partial charge in [-0.25, -0.2) is 0 Å². The van der Waals surface area contributed by atoms with Crippen LogP contribution in [0.4, 0.5) is 11.4 Å². The van der Waals surface area contributed by atoms with E-state index in [9.17, 15) is 0 Å². The van der Waals surface area contributed by atoms with Crippen LogP contribution in [-0.4, -0.2) is 4.93 Å². The summed E-state index contributed by atoms with van der Waals surface area (Å²) in [5.74, 6) is 0. The number of hydrogen-bond donors (Lipinski definition) is 0. The molecular formula is C21H29IN-. The van der Waals surface area contributed by atoms with Gasteiger partial charge in [0.15, 0.2) is 0 Å². The van der Waals surface area contributed by atoms with Crippen LogP contribution in [0, 0.1) is 27.7 Å². The fourth-order valence-corrected chi connectivity index (χ4v) is 4.95. The van der Waals surface area contributed by atoms with Gasteiger partial charge in [0.1, 0.15) is 0 Å². The number of halogens is 1. The molecule has 2 rings (SSSR count). The molecule has 0 spiro atoms. The predicted molar refractivity (Wildman–Crippen MR) is 98.6 cm³/mol. The number of para-hydroxylation sites is 1. The molecule has 2 heteroatoms. The summed E-state index contributed by atoms with van der Waals surface area (Å²) in [6, 6.07) is 11.3. The van der Waals surface area contributed by atoms with Crippen LogP contribution in [-0.2, 0) is 5.41 Å². The van der Waals surface area contributed by atoms with Crippen LogP contribution in [0.2, 0.25) is 0 Å². The summed E-state index contributed by atoms with van der Waals surface area (Å²) in [5.41, 5.74) is 9.99.